The Morgan fingerprint density at radius 1 is 1.18 bits per heavy atom. The van der Waals surface area contributed by atoms with E-state index in [4.69, 9.17) is 5.73 Å². The van der Waals surface area contributed by atoms with Crippen LogP contribution in [0.2, 0.25) is 0 Å². The van der Waals surface area contributed by atoms with Crippen molar-refractivity contribution in [2.75, 3.05) is 5.73 Å². The second kappa shape index (κ2) is 5.04. The van der Waals surface area contributed by atoms with Crippen LogP contribution in [0.4, 0.5) is 5.82 Å². The number of aromatic nitrogens is 2. The number of benzene rings is 1. The summed E-state index contributed by atoms with van der Waals surface area (Å²) in [5, 5.41) is 0. The van der Waals surface area contributed by atoms with Gasteiger partial charge in [0.1, 0.15) is 11.5 Å². The third-order valence-corrected chi connectivity index (χ3v) is 2.98. The highest BCUT2D eigenvalue weighted by molar-refractivity contribution is 5.70. The first kappa shape index (κ1) is 11.7. The Morgan fingerprint density at radius 3 is 2.47 bits per heavy atom. The number of nitrogens with two attached hydrogens (primary N) is 1. The van der Waals surface area contributed by atoms with Gasteiger partial charge in [-0.2, -0.15) is 0 Å². The van der Waals surface area contributed by atoms with Crippen molar-refractivity contribution < 1.29 is 0 Å². The molecule has 17 heavy (non-hydrogen) atoms. The summed E-state index contributed by atoms with van der Waals surface area (Å²) in [6.07, 6.45) is 3.94. The number of hydrogen-bond acceptors (Lipinski definition) is 2. The first-order chi connectivity index (χ1) is 8.26. The summed E-state index contributed by atoms with van der Waals surface area (Å²) in [5.41, 5.74) is 9.41. The van der Waals surface area contributed by atoms with Crippen molar-refractivity contribution in [1.82, 2.24) is 9.55 Å². The van der Waals surface area contributed by atoms with Crippen LogP contribution >= 0.6 is 0 Å². The summed E-state index contributed by atoms with van der Waals surface area (Å²) in [6, 6.07) is 8.45. The van der Waals surface area contributed by atoms with Gasteiger partial charge in [-0.3, -0.25) is 0 Å². The van der Waals surface area contributed by atoms with Crippen molar-refractivity contribution >= 4 is 5.82 Å². The molecular weight excluding hydrogens is 210 g/mol. The molecule has 2 N–H and O–H groups in total. The predicted molar refractivity (Wildman–Crippen MR) is 71.7 cm³/mol. The summed E-state index contributed by atoms with van der Waals surface area (Å²) in [6.45, 7) is 5.21. The van der Waals surface area contributed by atoms with E-state index < -0.39 is 0 Å². The third kappa shape index (κ3) is 2.33. The number of anilines is 1. The topological polar surface area (TPSA) is 43.8 Å². The molecule has 2 aromatic rings. The zero-order valence-electron chi connectivity index (χ0n) is 10.5. The smallest absolute Gasteiger partial charge is 0.131 e. The molecule has 1 aromatic heterocycles. The molecule has 3 nitrogen and oxygen atoms in total. The van der Waals surface area contributed by atoms with Crippen molar-refractivity contribution in [2.24, 2.45) is 0 Å². The molecule has 0 fully saturated rings. The molecule has 0 unspecified atom stereocenters. The largest absolute Gasteiger partial charge is 0.383 e. The minimum Gasteiger partial charge on any atom is -0.383 e. The van der Waals surface area contributed by atoms with E-state index in [9.17, 15) is 0 Å². The molecular formula is C14H19N3. The maximum atomic E-state index is 6.09. The molecule has 90 valence electrons. The molecule has 2 rings (SSSR count). The van der Waals surface area contributed by atoms with Crippen molar-refractivity contribution in [1.29, 1.82) is 0 Å². The van der Waals surface area contributed by atoms with Crippen molar-refractivity contribution in [2.45, 2.75) is 33.2 Å². The van der Waals surface area contributed by atoms with E-state index >= 15 is 0 Å². The number of nitrogens with zero attached hydrogens (tertiary/aromatic N) is 2. The Morgan fingerprint density at radius 2 is 1.88 bits per heavy atom. The predicted octanol–water partition coefficient (Wildman–Crippen LogP) is 3.10. The second-order valence-corrected chi connectivity index (χ2v) is 4.22. The van der Waals surface area contributed by atoms with E-state index in [0.29, 0.717) is 0 Å². The molecule has 0 saturated heterocycles. The fraction of sp³-hybridized carbons (Fsp3) is 0.357. The van der Waals surface area contributed by atoms with Crippen LogP contribution in [0, 0.1) is 0 Å². The molecule has 0 bridgehead atoms. The molecule has 1 aromatic carbocycles. The maximum Gasteiger partial charge on any atom is 0.131 e. The highest BCUT2D eigenvalue weighted by Crippen LogP contribution is 2.24. The quantitative estimate of drug-likeness (QED) is 0.875. The van der Waals surface area contributed by atoms with Crippen molar-refractivity contribution in [3.05, 3.63) is 36.2 Å². The number of imidazole rings is 1. The van der Waals surface area contributed by atoms with Gasteiger partial charge in [-0.1, -0.05) is 38.1 Å². The first-order valence-corrected chi connectivity index (χ1v) is 6.16. The molecule has 1 heterocycles. The van der Waals surface area contributed by atoms with E-state index in [1.54, 1.807) is 0 Å². The van der Waals surface area contributed by atoms with Gasteiger partial charge in [0.05, 0.1) is 6.33 Å². The summed E-state index contributed by atoms with van der Waals surface area (Å²) in [7, 11) is 0. The van der Waals surface area contributed by atoms with Gasteiger partial charge in [0.15, 0.2) is 0 Å². The summed E-state index contributed by atoms with van der Waals surface area (Å²) in [5.74, 6) is 0.760. The van der Waals surface area contributed by atoms with E-state index in [1.807, 2.05) is 10.9 Å². The van der Waals surface area contributed by atoms with Gasteiger partial charge in [-0.05, 0) is 18.4 Å². The van der Waals surface area contributed by atoms with Gasteiger partial charge in [0, 0.05) is 12.1 Å². The van der Waals surface area contributed by atoms with E-state index in [2.05, 4.69) is 43.1 Å². The van der Waals surface area contributed by atoms with Gasteiger partial charge < -0.3 is 10.3 Å². The number of aryl methyl sites for hydroxylation is 2. The summed E-state index contributed by atoms with van der Waals surface area (Å²) >= 11 is 0. The normalized spacial score (nSPS) is 10.7. The second-order valence-electron chi connectivity index (χ2n) is 4.22. The highest BCUT2D eigenvalue weighted by atomic mass is 15.1. The SMILES string of the molecule is CCCn1cnc(-c2ccc(CC)cc2)c1N. The van der Waals surface area contributed by atoms with Crippen LogP contribution < -0.4 is 5.73 Å². The van der Waals surface area contributed by atoms with Gasteiger partial charge in [0.2, 0.25) is 0 Å². The first-order valence-electron chi connectivity index (χ1n) is 6.16. The lowest BCUT2D eigenvalue weighted by molar-refractivity contribution is 0.686. The molecule has 0 atom stereocenters. The molecule has 0 aliphatic carbocycles. The Labute approximate surface area is 102 Å². The van der Waals surface area contributed by atoms with Crippen LogP contribution in [-0.2, 0) is 13.0 Å². The summed E-state index contributed by atoms with van der Waals surface area (Å²) < 4.78 is 2.00. The van der Waals surface area contributed by atoms with Crippen molar-refractivity contribution in [3.63, 3.8) is 0 Å². The third-order valence-electron chi connectivity index (χ3n) is 2.98. The van der Waals surface area contributed by atoms with Gasteiger partial charge in [0.25, 0.3) is 0 Å². The monoisotopic (exact) mass is 229 g/mol. The van der Waals surface area contributed by atoms with Crippen LogP contribution in [-0.4, -0.2) is 9.55 Å². The minimum atomic E-state index is 0.760. The molecule has 0 aliphatic heterocycles. The maximum absolute atomic E-state index is 6.09. The Balaban J connectivity index is 2.32. The average molecular weight is 229 g/mol. The number of rotatable bonds is 4. The number of nitrogen functional groups attached to an aromatic ring is 1. The minimum absolute atomic E-state index is 0.760. The zero-order valence-corrected chi connectivity index (χ0v) is 10.5. The average Bonchev–Trinajstić information content (AvgIpc) is 2.72. The van der Waals surface area contributed by atoms with E-state index in [0.717, 1.165) is 36.5 Å². The molecule has 0 saturated carbocycles. The molecule has 3 heteroatoms. The summed E-state index contributed by atoms with van der Waals surface area (Å²) in [4.78, 5) is 4.40. The van der Waals surface area contributed by atoms with Crippen molar-refractivity contribution in [3.8, 4) is 11.3 Å². The standard InChI is InChI=1S/C14H19N3/c1-3-9-17-10-16-13(14(17)15)12-7-5-11(4-2)6-8-12/h5-8,10H,3-4,9,15H2,1-2H3. The fourth-order valence-corrected chi connectivity index (χ4v) is 1.93. The molecule has 0 radical (unpaired) electrons. The molecule has 0 amide bonds. The van der Waals surface area contributed by atoms with Crippen LogP contribution in [0.15, 0.2) is 30.6 Å². The highest BCUT2D eigenvalue weighted by Gasteiger charge is 2.08. The van der Waals surface area contributed by atoms with E-state index in [-0.39, 0.29) is 0 Å². The number of hydrogen-bond donors (Lipinski definition) is 1. The van der Waals surface area contributed by atoms with Gasteiger partial charge in [-0.25, -0.2) is 4.98 Å². The van der Waals surface area contributed by atoms with Crippen LogP contribution in [0.3, 0.4) is 0 Å². The van der Waals surface area contributed by atoms with Crippen LogP contribution in [0.5, 0.6) is 0 Å². The lowest BCUT2D eigenvalue weighted by Gasteiger charge is -2.04. The molecule has 0 aliphatic rings. The van der Waals surface area contributed by atoms with E-state index in [1.165, 1.54) is 5.56 Å². The lowest BCUT2D eigenvalue weighted by atomic mass is 10.1. The van der Waals surface area contributed by atoms with Crippen LogP contribution in [0.25, 0.3) is 11.3 Å². The Bertz CT molecular complexity index is 483. The zero-order chi connectivity index (χ0) is 12.3. The van der Waals surface area contributed by atoms with Gasteiger partial charge in [-0.15, -0.1) is 0 Å². The fourth-order valence-electron chi connectivity index (χ4n) is 1.93. The Kier molecular flexibility index (Phi) is 3.47. The lowest BCUT2D eigenvalue weighted by Crippen LogP contribution is -2.01. The van der Waals surface area contributed by atoms with Crippen LogP contribution in [0.1, 0.15) is 25.8 Å². The Hall–Kier alpha value is -1.77. The van der Waals surface area contributed by atoms with Gasteiger partial charge >= 0.3 is 0 Å². The molecule has 0 spiro atoms.